The highest BCUT2D eigenvalue weighted by molar-refractivity contribution is 6.30. The van der Waals surface area contributed by atoms with Crippen molar-refractivity contribution in [2.24, 2.45) is 5.73 Å². The fourth-order valence-corrected chi connectivity index (χ4v) is 1.73. The molecule has 0 aliphatic heterocycles. The van der Waals surface area contributed by atoms with Crippen LogP contribution in [0.1, 0.15) is 17.9 Å². The fourth-order valence-electron chi connectivity index (χ4n) is 1.61. The highest BCUT2D eigenvalue weighted by Gasteiger charge is 2.18. The average molecular weight is 253 g/mol. The SMILES string of the molecule is C=CCNC(=O)C(CCN)c1ccc(Cl)cc1. The van der Waals surface area contributed by atoms with Gasteiger partial charge in [0.2, 0.25) is 5.91 Å². The number of rotatable bonds is 6. The first-order valence-corrected chi connectivity index (χ1v) is 5.91. The van der Waals surface area contributed by atoms with Crippen molar-refractivity contribution >= 4 is 17.5 Å². The Bertz CT molecular complexity index is 376. The second-order valence-corrected chi connectivity index (χ2v) is 4.15. The molecule has 0 bridgehead atoms. The lowest BCUT2D eigenvalue weighted by Gasteiger charge is -2.15. The van der Waals surface area contributed by atoms with Crippen LogP contribution in [0.2, 0.25) is 5.02 Å². The third kappa shape index (κ3) is 4.21. The molecule has 17 heavy (non-hydrogen) atoms. The first-order valence-electron chi connectivity index (χ1n) is 5.53. The van der Waals surface area contributed by atoms with E-state index in [1.54, 1.807) is 18.2 Å². The van der Waals surface area contributed by atoms with Gasteiger partial charge in [-0.2, -0.15) is 0 Å². The normalized spacial score (nSPS) is 11.9. The predicted octanol–water partition coefficient (Wildman–Crippen LogP) is 2.07. The Kier molecular flexibility index (Phi) is 5.73. The summed E-state index contributed by atoms with van der Waals surface area (Å²) in [7, 11) is 0. The van der Waals surface area contributed by atoms with Crippen LogP contribution in [-0.2, 0) is 4.79 Å². The van der Waals surface area contributed by atoms with E-state index in [0.29, 0.717) is 24.5 Å². The molecule has 0 radical (unpaired) electrons. The highest BCUT2D eigenvalue weighted by atomic mass is 35.5. The Balaban J connectivity index is 2.80. The van der Waals surface area contributed by atoms with E-state index in [4.69, 9.17) is 17.3 Å². The summed E-state index contributed by atoms with van der Waals surface area (Å²) in [4.78, 5) is 11.9. The zero-order valence-electron chi connectivity index (χ0n) is 9.66. The first kappa shape index (κ1) is 13.7. The largest absolute Gasteiger partial charge is 0.352 e. The van der Waals surface area contributed by atoms with Gasteiger partial charge in [-0.1, -0.05) is 29.8 Å². The quantitative estimate of drug-likeness (QED) is 0.762. The number of nitrogens with one attached hydrogen (secondary N) is 1. The molecule has 0 fully saturated rings. The first-order chi connectivity index (χ1) is 8.19. The average Bonchev–Trinajstić information content (AvgIpc) is 2.34. The minimum atomic E-state index is -0.225. The third-order valence-electron chi connectivity index (χ3n) is 2.46. The molecule has 92 valence electrons. The number of halogens is 1. The molecule has 4 heteroatoms. The van der Waals surface area contributed by atoms with E-state index in [1.165, 1.54) is 0 Å². The number of benzene rings is 1. The lowest BCUT2D eigenvalue weighted by atomic mass is 9.95. The standard InChI is InChI=1S/C13H17ClN2O/c1-2-9-16-13(17)12(7-8-15)10-3-5-11(14)6-4-10/h2-6,12H,1,7-9,15H2,(H,16,17). The topological polar surface area (TPSA) is 55.1 Å². The molecule has 1 atom stereocenters. The van der Waals surface area contributed by atoms with Crippen molar-refractivity contribution in [3.05, 3.63) is 47.5 Å². The minimum absolute atomic E-state index is 0.0299. The lowest BCUT2D eigenvalue weighted by molar-refractivity contribution is -0.122. The Labute approximate surface area is 107 Å². The van der Waals surface area contributed by atoms with Gasteiger partial charge in [-0.25, -0.2) is 0 Å². The summed E-state index contributed by atoms with van der Waals surface area (Å²) in [5.74, 6) is -0.255. The van der Waals surface area contributed by atoms with Crippen LogP contribution in [0.4, 0.5) is 0 Å². The van der Waals surface area contributed by atoms with Crippen LogP contribution in [0.15, 0.2) is 36.9 Å². The molecule has 1 aromatic rings. The fraction of sp³-hybridized carbons (Fsp3) is 0.308. The van der Waals surface area contributed by atoms with E-state index in [1.807, 2.05) is 12.1 Å². The molecule has 0 spiro atoms. The van der Waals surface area contributed by atoms with Gasteiger partial charge >= 0.3 is 0 Å². The van der Waals surface area contributed by atoms with Crippen molar-refractivity contribution in [3.63, 3.8) is 0 Å². The van der Waals surface area contributed by atoms with Gasteiger partial charge in [-0.05, 0) is 30.7 Å². The Morgan fingerprint density at radius 2 is 2.12 bits per heavy atom. The van der Waals surface area contributed by atoms with E-state index in [-0.39, 0.29) is 11.8 Å². The minimum Gasteiger partial charge on any atom is -0.352 e. The van der Waals surface area contributed by atoms with Crippen LogP contribution in [0.25, 0.3) is 0 Å². The van der Waals surface area contributed by atoms with Gasteiger partial charge in [0.15, 0.2) is 0 Å². The van der Waals surface area contributed by atoms with Crippen molar-refractivity contribution in [3.8, 4) is 0 Å². The second kappa shape index (κ2) is 7.09. The summed E-state index contributed by atoms with van der Waals surface area (Å²) in [6.07, 6.45) is 2.27. The molecule has 0 saturated carbocycles. The molecule has 1 aromatic carbocycles. The predicted molar refractivity (Wildman–Crippen MR) is 71.1 cm³/mol. The van der Waals surface area contributed by atoms with Gasteiger partial charge in [0, 0.05) is 11.6 Å². The molecule has 0 aliphatic carbocycles. The summed E-state index contributed by atoms with van der Waals surface area (Å²) >= 11 is 5.82. The maximum absolute atomic E-state index is 11.9. The third-order valence-corrected chi connectivity index (χ3v) is 2.72. The molecule has 1 rings (SSSR count). The monoisotopic (exact) mass is 252 g/mol. The van der Waals surface area contributed by atoms with Gasteiger partial charge < -0.3 is 11.1 Å². The van der Waals surface area contributed by atoms with E-state index < -0.39 is 0 Å². The maximum atomic E-state index is 11.9. The maximum Gasteiger partial charge on any atom is 0.227 e. The summed E-state index contributed by atoms with van der Waals surface area (Å²) in [5, 5.41) is 3.44. The molecule has 3 nitrogen and oxygen atoms in total. The molecular weight excluding hydrogens is 236 g/mol. The molecule has 0 heterocycles. The van der Waals surface area contributed by atoms with Crippen molar-refractivity contribution < 1.29 is 4.79 Å². The zero-order valence-corrected chi connectivity index (χ0v) is 10.4. The van der Waals surface area contributed by atoms with Gasteiger partial charge in [-0.3, -0.25) is 4.79 Å². The van der Waals surface area contributed by atoms with Crippen LogP contribution >= 0.6 is 11.6 Å². The van der Waals surface area contributed by atoms with Crippen molar-refractivity contribution in [1.82, 2.24) is 5.32 Å². The molecule has 0 aromatic heterocycles. The molecule has 0 saturated heterocycles. The van der Waals surface area contributed by atoms with Crippen LogP contribution in [0.5, 0.6) is 0 Å². The van der Waals surface area contributed by atoms with Crippen molar-refractivity contribution in [2.75, 3.05) is 13.1 Å². The van der Waals surface area contributed by atoms with Gasteiger partial charge in [0.1, 0.15) is 0 Å². The summed E-state index contributed by atoms with van der Waals surface area (Å²) in [6, 6.07) is 7.27. The van der Waals surface area contributed by atoms with E-state index in [2.05, 4.69) is 11.9 Å². The number of hydrogen-bond donors (Lipinski definition) is 2. The highest BCUT2D eigenvalue weighted by Crippen LogP contribution is 2.21. The molecule has 3 N–H and O–H groups in total. The molecule has 1 amide bonds. The van der Waals surface area contributed by atoms with E-state index >= 15 is 0 Å². The number of amides is 1. The van der Waals surface area contributed by atoms with Crippen LogP contribution in [0.3, 0.4) is 0 Å². The number of nitrogens with two attached hydrogens (primary N) is 1. The lowest BCUT2D eigenvalue weighted by Crippen LogP contribution is -2.30. The zero-order chi connectivity index (χ0) is 12.7. The number of hydrogen-bond acceptors (Lipinski definition) is 2. The molecule has 1 unspecified atom stereocenters. The van der Waals surface area contributed by atoms with Crippen LogP contribution in [-0.4, -0.2) is 19.0 Å². The van der Waals surface area contributed by atoms with Crippen molar-refractivity contribution in [2.45, 2.75) is 12.3 Å². The summed E-state index contributed by atoms with van der Waals surface area (Å²) < 4.78 is 0. The van der Waals surface area contributed by atoms with E-state index in [0.717, 1.165) is 5.56 Å². The molecule has 0 aliphatic rings. The smallest absolute Gasteiger partial charge is 0.227 e. The Morgan fingerprint density at radius 1 is 1.47 bits per heavy atom. The van der Waals surface area contributed by atoms with Gasteiger partial charge in [-0.15, -0.1) is 6.58 Å². The van der Waals surface area contributed by atoms with E-state index in [9.17, 15) is 4.79 Å². The van der Waals surface area contributed by atoms with Crippen molar-refractivity contribution in [1.29, 1.82) is 0 Å². The van der Waals surface area contributed by atoms with Crippen LogP contribution in [0, 0.1) is 0 Å². The second-order valence-electron chi connectivity index (χ2n) is 3.72. The molecular formula is C13H17ClN2O. The number of carbonyl (C=O) groups is 1. The van der Waals surface area contributed by atoms with Gasteiger partial charge in [0.05, 0.1) is 5.92 Å². The summed E-state index contributed by atoms with van der Waals surface area (Å²) in [6.45, 7) is 4.50. The summed E-state index contributed by atoms with van der Waals surface area (Å²) in [5.41, 5.74) is 6.47. The Hall–Kier alpha value is -1.32. The van der Waals surface area contributed by atoms with Crippen LogP contribution < -0.4 is 11.1 Å². The number of carbonyl (C=O) groups excluding carboxylic acids is 1. The Morgan fingerprint density at radius 3 is 2.65 bits per heavy atom. The van der Waals surface area contributed by atoms with Gasteiger partial charge in [0.25, 0.3) is 0 Å².